The van der Waals surface area contributed by atoms with Crippen LogP contribution < -0.4 is 15.1 Å². The van der Waals surface area contributed by atoms with Crippen LogP contribution >= 0.6 is 0 Å². The summed E-state index contributed by atoms with van der Waals surface area (Å²) in [6, 6.07) is 7.28. The third-order valence-corrected chi connectivity index (χ3v) is 6.35. The van der Waals surface area contributed by atoms with Gasteiger partial charge >= 0.3 is 6.18 Å². The van der Waals surface area contributed by atoms with Gasteiger partial charge in [-0.25, -0.2) is 4.98 Å². The lowest BCUT2D eigenvalue weighted by Crippen LogP contribution is -2.46. The van der Waals surface area contributed by atoms with E-state index in [1.165, 1.54) is 0 Å². The van der Waals surface area contributed by atoms with Gasteiger partial charge in [-0.1, -0.05) is 0 Å². The summed E-state index contributed by atoms with van der Waals surface area (Å²) in [6.45, 7) is 4.69. The van der Waals surface area contributed by atoms with E-state index in [0.29, 0.717) is 0 Å². The fourth-order valence-corrected chi connectivity index (χ4v) is 4.70. The number of benzene rings is 1. The van der Waals surface area contributed by atoms with Gasteiger partial charge < -0.3 is 15.1 Å². The molecule has 9 heteroatoms. The van der Waals surface area contributed by atoms with Crippen LogP contribution in [0, 0.1) is 0 Å². The number of carbonyl (C=O) groups is 1. The van der Waals surface area contributed by atoms with Crippen molar-refractivity contribution >= 4 is 23.1 Å². The number of carbonyl (C=O) groups excluding carboxylic acids is 1. The topological polar surface area (TPSA) is 51.7 Å². The van der Waals surface area contributed by atoms with E-state index >= 15 is 0 Å². The summed E-state index contributed by atoms with van der Waals surface area (Å²) in [7, 11) is 0. The third-order valence-electron chi connectivity index (χ3n) is 6.35. The Hall–Kier alpha value is -2.81. The number of aromatic nitrogens is 1. The highest BCUT2D eigenvalue weighted by molar-refractivity contribution is 6.03. The van der Waals surface area contributed by atoms with Gasteiger partial charge in [0, 0.05) is 51.2 Å². The van der Waals surface area contributed by atoms with E-state index in [9.17, 15) is 18.0 Å². The molecule has 164 valence electrons. The molecule has 1 aromatic heterocycles. The minimum atomic E-state index is -4.31. The van der Waals surface area contributed by atoms with E-state index < -0.39 is 11.7 Å². The van der Waals surface area contributed by atoms with Crippen molar-refractivity contribution in [2.45, 2.75) is 31.6 Å². The summed E-state index contributed by atoms with van der Waals surface area (Å²) in [5.74, 6) is 0.909. The Morgan fingerprint density at radius 3 is 2.52 bits per heavy atom. The van der Waals surface area contributed by atoms with Crippen LogP contribution in [-0.2, 0) is 17.5 Å². The van der Waals surface area contributed by atoms with E-state index in [1.807, 2.05) is 12.3 Å². The molecule has 0 radical (unpaired) electrons. The lowest BCUT2D eigenvalue weighted by molar-refractivity contribution is -0.137. The van der Waals surface area contributed by atoms with Crippen molar-refractivity contribution in [1.29, 1.82) is 0 Å². The van der Waals surface area contributed by atoms with Gasteiger partial charge in [-0.2, -0.15) is 13.2 Å². The highest BCUT2D eigenvalue weighted by Crippen LogP contribution is 2.35. The van der Waals surface area contributed by atoms with Crippen LogP contribution in [0.1, 0.15) is 24.0 Å². The van der Waals surface area contributed by atoms with Crippen molar-refractivity contribution in [3.05, 3.63) is 47.7 Å². The van der Waals surface area contributed by atoms with Crippen molar-refractivity contribution in [3.63, 3.8) is 0 Å². The maximum absolute atomic E-state index is 12.8. The molecule has 3 aliphatic heterocycles. The van der Waals surface area contributed by atoms with E-state index in [1.54, 1.807) is 12.1 Å². The van der Waals surface area contributed by atoms with E-state index in [4.69, 9.17) is 0 Å². The molecule has 3 aliphatic rings. The SMILES string of the molecule is O=C1Nc2cc(CN3CCN(c4ccc(C(F)(F)F)cc4)CC3)cnc2N2CCCC12. The molecule has 1 aromatic carbocycles. The monoisotopic (exact) mass is 431 g/mol. The Bertz CT molecular complexity index is 970. The van der Waals surface area contributed by atoms with Crippen LogP contribution in [0.15, 0.2) is 36.5 Å². The smallest absolute Gasteiger partial charge is 0.369 e. The predicted molar refractivity (Wildman–Crippen MR) is 112 cm³/mol. The van der Waals surface area contributed by atoms with Crippen LogP contribution in [0.2, 0.25) is 0 Å². The molecule has 5 rings (SSSR count). The van der Waals surface area contributed by atoms with E-state index in [0.717, 1.165) is 87.0 Å². The van der Waals surface area contributed by atoms with E-state index in [2.05, 4.69) is 25.0 Å². The second kappa shape index (κ2) is 7.71. The molecule has 0 aliphatic carbocycles. The molecule has 1 amide bonds. The van der Waals surface area contributed by atoms with Crippen LogP contribution in [0.25, 0.3) is 0 Å². The van der Waals surface area contributed by atoms with Crippen LogP contribution in [0.4, 0.5) is 30.4 Å². The highest BCUT2D eigenvalue weighted by Gasteiger charge is 2.37. The number of nitrogens with zero attached hydrogens (tertiary/aromatic N) is 4. The van der Waals surface area contributed by atoms with Crippen molar-refractivity contribution < 1.29 is 18.0 Å². The number of fused-ring (bicyclic) bond motifs is 3. The lowest BCUT2D eigenvalue weighted by atomic mass is 10.1. The molecular weight excluding hydrogens is 407 g/mol. The summed E-state index contributed by atoms with van der Waals surface area (Å²) in [6.07, 6.45) is -0.550. The van der Waals surface area contributed by atoms with Gasteiger partial charge in [0.05, 0.1) is 11.3 Å². The summed E-state index contributed by atoms with van der Waals surface area (Å²) in [4.78, 5) is 23.5. The molecular formula is C22H24F3N5O. The average Bonchev–Trinajstić information content (AvgIpc) is 3.25. The zero-order valence-corrected chi connectivity index (χ0v) is 17.0. The molecule has 6 nitrogen and oxygen atoms in total. The van der Waals surface area contributed by atoms with Crippen molar-refractivity contribution in [1.82, 2.24) is 9.88 Å². The van der Waals surface area contributed by atoms with Crippen molar-refractivity contribution in [3.8, 4) is 0 Å². The largest absolute Gasteiger partial charge is 0.416 e. The Morgan fingerprint density at radius 1 is 1.06 bits per heavy atom. The molecule has 2 fully saturated rings. The lowest BCUT2D eigenvalue weighted by Gasteiger charge is -2.36. The first kappa shape index (κ1) is 20.1. The number of anilines is 3. The van der Waals surface area contributed by atoms with Crippen LogP contribution in [-0.4, -0.2) is 54.6 Å². The minimum absolute atomic E-state index is 0.0501. The second-order valence-corrected chi connectivity index (χ2v) is 8.36. The average molecular weight is 431 g/mol. The molecule has 4 heterocycles. The number of pyridine rings is 1. The van der Waals surface area contributed by atoms with Crippen molar-refractivity contribution in [2.75, 3.05) is 47.8 Å². The first-order valence-electron chi connectivity index (χ1n) is 10.6. The zero-order valence-electron chi connectivity index (χ0n) is 17.0. The number of amides is 1. The number of hydrogen-bond donors (Lipinski definition) is 1. The fourth-order valence-electron chi connectivity index (χ4n) is 4.70. The van der Waals surface area contributed by atoms with Crippen molar-refractivity contribution in [2.24, 2.45) is 0 Å². The maximum Gasteiger partial charge on any atom is 0.416 e. The first-order chi connectivity index (χ1) is 14.9. The first-order valence-corrected chi connectivity index (χ1v) is 10.6. The number of alkyl halides is 3. The second-order valence-electron chi connectivity index (χ2n) is 8.36. The Balaban J connectivity index is 1.20. The van der Waals surface area contributed by atoms with Gasteiger partial charge in [0.1, 0.15) is 6.04 Å². The molecule has 31 heavy (non-hydrogen) atoms. The van der Waals surface area contributed by atoms with Gasteiger partial charge in [0.25, 0.3) is 0 Å². The summed E-state index contributed by atoms with van der Waals surface area (Å²) in [5, 5.41) is 3.00. The number of piperazine rings is 1. The molecule has 1 atom stereocenters. The summed E-state index contributed by atoms with van der Waals surface area (Å²) < 4.78 is 38.3. The molecule has 0 spiro atoms. The summed E-state index contributed by atoms with van der Waals surface area (Å²) in [5.41, 5.74) is 2.01. The van der Waals surface area contributed by atoms with Crippen LogP contribution in [0.3, 0.4) is 0 Å². The zero-order chi connectivity index (χ0) is 21.6. The molecule has 0 bridgehead atoms. The van der Waals surface area contributed by atoms with Gasteiger partial charge in [0.15, 0.2) is 5.82 Å². The van der Waals surface area contributed by atoms with Gasteiger partial charge in [-0.3, -0.25) is 9.69 Å². The molecule has 1 N–H and O–H groups in total. The number of nitrogens with one attached hydrogen (secondary N) is 1. The van der Waals surface area contributed by atoms with Gasteiger partial charge in [-0.15, -0.1) is 0 Å². The normalized spacial score (nSPS) is 21.6. The molecule has 2 saturated heterocycles. The predicted octanol–water partition coefficient (Wildman–Crippen LogP) is 3.34. The standard InChI is InChI=1S/C22H24F3N5O/c23-22(24,25)16-3-5-17(6-4-16)29-10-8-28(9-11-29)14-15-12-18-20(26-13-15)30-7-1-2-19(30)21(31)27-18/h3-6,12-13,19H,1-2,7-11,14H2,(H,27,31). The number of hydrogen-bond acceptors (Lipinski definition) is 5. The van der Waals surface area contributed by atoms with E-state index in [-0.39, 0.29) is 11.9 Å². The quantitative estimate of drug-likeness (QED) is 0.808. The van der Waals surface area contributed by atoms with Gasteiger partial charge in [-0.05, 0) is 48.7 Å². The Morgan fingerprint density at radius 2 is 1.81 bits per heavy atom. The summed E-state index contributed by atoms with van der Waals surface area (Å²) >= 11 is 0. The Kier molecular flexibility index (Phi) is 5.00. The van der Waals surface area contributed by atoms with Crippen LogP contribution in [0.5, 0.6) is 0 Å². The van der Waals surface area contributed by atoms with Gasteiger partial charge in [0.2, 0.25) is 5.91 Å². The number of halogens is 3. The minimum Gasteiger partial charge on any atom is -0.369 e. The molecule has 1 unspecified atom stereocenters. The maximum atomic E-state index is 12.8. The Labute approximate surface area is 178 Å². The fraction of sp³-hybridized carbons (Fsp3) is 0.455. The molecule has 0 saturated carbocycles. The third kappa shape index (κ3) is 3.94. The number of rotatable bonds is 3. The highest BCUT2D eigenvalue weighted by atomic mass is 19.4. The molecule has 2 aromatic rings.